The summed E-state index contributed by atoms with van der Waals surface area (Å²) in [7, 11) is 0. The van der Waals surface area contributed by atoms with Crippen LogP contribution in [0.1, 0.15) is 33.3 Å². The van der Waals surface area contributed by atoms with Gasteiger partial charge in [-0.1, -0.05) is 29.8 Å². The van der Waals surface area contributed by atoms with Gasteiger partial charge in [0.2, 0.25) is 0 Å². The second-order valence-electron chi connectivity index (χ2n) is 6.48. The lowest BCUT2D eigenvalue weighted by atomic mass is 9.85. The second kappa shape index (κ2) is 6.04. The summed E-state index contributed by atoms with van der Waals surface area (Å²) in [6.45, 7) is 0. The van der Waals surface area contributed by atoms with Gasteiger partial charge in [-0.3, -0.25) is 4.79 Å². The maximum atomic E-state index is 12.7. The fourth-order valence-corrected chi connectivity index (χ4v) is 4.58. The number of hydrogen-bond acceptors (Lipinski definition) is 4. The standard InChI is InChI=1S/C20H14ClN3OS/c21-14-4-1-3-12(7-14)15-10-22-24-11-16-17(23-20(15)24)8-13(9-18(16)25)19-5-2-6-26-19/h1-7,10-11,13H,8-9H2. The molecule has 0 saturated heterocycles. The summed E-state index contributed by atoms with van der Waals surface area (Å²) < 4.78 is 1.69. The zero-order valence-electron chi connectivity index (χ0n) is 13.7. The topological polar surface area (TPSA) is 47.3 Å². The number of halogens is 1. The predicted octanol–water partition coefficient (Wildman–Crippen LogP) is 5.02. The fraction of sp³-hybridized carbons (Fsp3) is 0.150. The third-order valence-electron chi connectivity index (χ3n) is 4.83. The van der Waals surface area contributed by atoms with Crippen molar-refractivity contribution in [1.82, 2.24) is 14.6 Å². The molecule has 0 N–H and O–H groups in total. The Kier molecular flexibility index (Phi) is 3.65. The van der Waals surface area contributed by atoms with Gasteiger partial charge in [0.1, 0.15) is 0 Å². The smallest absolute Gasteiger partial charge is 0.166 e. The van der Waals surface area contributed by atoms with E-state index in [9.17, 15) is 4.79 Å². The summed E-state index contributed by atoms with van der Waals surface area (Å²) in [6.07, 6.45) is 4.90. The van der Waals surface area contributed by atoms with Crippen molar-refractivity contribution in [2.24, 2.45) is 0 Å². The fourth-order valence-electron chi connectivity index (χ4n) is 3.56. The molecule has 0 radical (unpaired) electrons. The Labute approximate surface area is 159 Å². The molecular formula is C20H14ClN3OS. The molecule has 128 valence electrons. The van der Waals surface area contributed by atoms with Crippen LogP contribution in [0.15, 0.2) is 54.2 Å². The number of ketones is 1. The van der Waals surface area contributed by atoms with Crippen molar-refractivity contribution in [1.29, 1.82) is 0 Å². The van der Waals surface area contributed by atoms with Crippen LogP contribution in [0, 0.1) is 0 Å². The highest BCUT2D eigenvalue weighted by Crippen LogP contribution is 2.35. The number of hydrogen-bond donors (Lipinski definition) is 0. The van der Waals surface area contributed by atoms with Gasteiger partial charge in [-0.15, -0.1) is 11.3 Å². The van der Waals surface area contributed by atoms with E-state index in [-0.39, 0.29) is 11.7 Å². The van der Waals surface area contributed by atoms with Gasteiger partial charge < -0.3 is 0 Å². The summed E-state index contributed by atoms with van der Waals surface area (Å²) >= 11 is 7.83. The number of thiophene rings is 1. The maximum absolute atomic E-state index is 12.7. The molecule has 1 unspecified atom stereocenters. The molecule has 1 aromatic carbocycles. The van der Waals surface area contributed by atoms with Crippen molar-refractivity contribution in [3.63, 3.8) is 0 Å². The Bertz CT molecular complexity index is 1130. The molecule has 6 heteroatoms. The summed E-state index contributed by atoms with van der Waals surface area (Å²) in [4.78, 5) is 18.7. The van der Waals surface area contributed by atoms with Crippen LogP contribution in [0.5, 0.6) is 0 Å². The van der Waals surface area contributed by atoms with Gasteiger partial charge in [0.25, 0.3) is 0 Å². The van der Waals surface area contributed by atoms with Crippen LogP contribution in [0.25, 0.3) is 16.8 Å². The van der Waals surface area contributed by atoms with Gasteiger partial charge >= 0.3 is 0 Å². The molecule has 4 nitrogen and oxygen atoms in total. The van der Waals surface area contributed by atoms with E-state index in [1.165, 1.54) is 4.88 Å². The molecule has 3 heterocycles. The molecular weight excluding hydrogens is 366 g/mol. The molecule has 5 rings (SSSR count). The molecule has 0 spiro atoms. The first-order chi connectivity index (χ1) is 12.7. The highest BCUT2D eigenvalue weighted by Gasteiger charge is 2.29. The number of Topliss-reactive ketones (excluding diaryl/α,β-unsaturated/α-hetero) is 1. The monoisotopic (exact) mass is 379 g/mol. The minimum atomic E-state index is 0.138. The Hall–Kier alpha value is -2.50. The second-order valence-corrected chi connectivity index (χ2v) is 7.90. The average molecular weight is 380 g/mol. The molecule has 1 aliphatic carbocycles. The third kappa shape index (κ3) is 2.55. The van der Waals surface area contributed by atoms with E-state index >= 15 is 0 Å². The zero-order chi connectivity index (χ0) is 17.7. The molecule has 0 amide bonds. The summed E-state index contributed by atoms with van der Waals surface area (Å²) in [5.41, 5.74) is 4.19. The highest BCUT2D eigenvalue weighted by molar-refractivity contribution is 7.10. The summed E-state index contributed by atoms with van der Waals surface area (Å²) in [5.74, 6) is 0.348. The number of nitrogens with zero attached hydrogens (tertiary/aromatic N) is 3. The molecule has 4 aromatic rings. The van der Waals surface area contributed by atoms with Crippen LogP contribution in [0.3, 0.4) is 0 Å². The van der Waals surface area contributed by atoms with Crippen LogP contribution < -0.4 is 0 Å². The largest absolute Gasteiger partial charge is 0.294 e. The molecule has 3 aromatic heterocycles. The number of fused-ring (bicyclic) bond motifs is 2. The van der Waals surface area contributed by atoms with Crippen LogP contribution in [0.4, 0.5) is 0 Å². The molecule has 0 aliphatic heterocycles. The molecule has 1 aliphatic rings. The zero-order valence-corrected chi connectivity index (χ0v) is 15.3. The first kappa shape index (κ1) is 15.7. The van der Waals surface area contributed by atoms with E-state index < -0.39 is 0 Å². The first-order valence-electron chi connectivity index (χ1n) is 8.39. The SMILES string of the molecule is O=C1CC(c2cccs2)Cc2nc3c(-c4cccc(Cl)c4)cnn3cc21. The van der Waals surface area contributed by atoms with Gasteiger partial charge in [-0.05, 0) is 35.6 Å². The van der Waals surface area contributed by atoms with E-state index in [1.807, 2.05) is 36.5 Å². The van der Waals surface area contributed by atoms with Gasteiger partial charge in [0, 0.05) is 34.0 Å². The summed E-state index contributed by atoms with van der Waals surface area (Å²) in [5, 5.41) is 7.13. The minimum Gasteiger partial charge on any atom is -0.294 e. The van der Waals surface area contributed by atoms with Crippen molar-refractivity contribution in [2.75, 3.05) is 0 Å². The lowest BCUT2D eigenvalue weighted by Crippen LogP contribution is -2.20. The molecule has 0 bridgehead atoms. The molecule has 1 atom stereocenters. The van der Waals surface area contributed by atoms with Crippen molar-refractivity contribution < 1.29 is 4.79 Å². The van der Waals surface area contributed by atoms with Crippen molar-refractivity contribution >= 4 is 34.4 Å². The van der Waals surface area contributed by atoms with Crippen molar-refractivity contribution in [3.05, 3.63) is 75.3 Å². The number of benzene rings is 1. The van der Waals surface area contributed by atoms with E-state index in [0.29, 0.717) is 17.0 Å². The lowest BCUT2D eigenvalue weighted by Gasteiger charge is -2.22. The Morgan fingerprint density at radius 2 is 2.08 bits per heavy atom. The van der Waals surface area contributed by atoms with Crippen LogP contribution in [-0.4, -0.2) is 20.4 Å². The van der Waals surface area contributed by atoms with Gasteiger partial charge in [-0.2, -0.15) is 5.10 Å². The summed E-state index contributed by atoms with van der Waals surface area (Å²) in [6, 6.07) is 11.8. The molecule has 0 saturated carbocycles. The van der Waals surface area contributed by atoms with Gasteiger partial charge in [0.05, 0.1) is 17.5 Å². The lowest BCUT2D eigenvalue weighted by molar-refractivity contribution is 0.0963. The van der Waals surface area contributed by atoms with Crippen LogP contribution in [-0.2, 0) is 6.42 Å². The van der Waals surface area contributed by atoms with Crippen LogP contribution >= 0.6 is 22.9 Å². The number of carbonyl (C=O) groups excluding carboxylic acids is 1. The van der Waals surface area contributed by atoms with Crippen LogP contribution in [0.2, 0.25) is 5.02 Å². The van der Waals surface area contributed by atoms with E-state index in [0.717, 1.165) is 28.9 Å². The predicted molar refractivity (Wildman–Crippen MR) is 103 cm³/mol. The Balaban J connectivity index is 1.63. The van der Waals surface area contributed by atoms with E-state index in [4.69, 9.17) is 16.6 Å². The number of rotatable bonds is 2. The number of carbonyl (C=O) groups is 1. The first-order valence-corrected chi connectivity index (χ1v) is 9.64. The maximum Gasteiger partial charge on any atom is 0.166 e. The molecule has 0 fully saturated rings. The quantitative estimate of drug-likeness (QED) is 0.491. The van der Waals surface area contributed by atoms with Gasteiger partial charge in [0.15, 0.2) is 11.4 Å². The molecule has 26 heavy (non-hydrogen) atoms. The third-order valence-corrected chi connectivity index (χ3v) is 6.10. The van der Waals surface area contributed by atoms with Gasteiger partial charge in [-0.25, -0.2) is 9.50 Å². The van der Waals surface area contributed by atoms with E-state index in [1.54, 1.807) is 22.0 Å². The van der Waals surface area contributed by atoms with Crippen molar-refractivity contribution in [3.8, 4) is 11.1 Å². The average Bonchev–Trinajstić information content (AvgIpc) is 3.30. The number of aromatic nitrogens is 3. The highest BCUT2D eigenvalue weighted by atomic mass is 35.5. The Morgan fingerprint density at radius 1 is 1.15 bits per heavy atom. The Morgan fingerprint density at radius 3 is 2.88 bits per heavy atom. The van der Waals surface area contributed by atoms with E-state index in [2.05, 4.69) is 16.5 Å². The minimum absolute atomic E-state index is 0.138. The van der Waals surface area contributed by atoms with Crippen molar-refractivity contribution in [2.45, 2.75) is 18.8 Å². The normalized spacial score (nSPS) is 16.8.